The van der Waals surface area contributed by atoms with E-state index in [-0.39, 0.29) is 30.5 Å². The molecule has 0 bridgehead atoms. The van der Waals surface area contributed by atoms with E-state index >= 15 is 0 Å². The lowest BCUT2D eigenvalue weighted by Crippen LogP contribution is -2.16. The predicted molar refractivity (Wildman–Crippen MR) is 84.4 cm³/mol. The molecule has 0 aromatic heterocycles. The van der Waals surface area contributed by atoms with Gasteiger partial charge in [-0.05, 0) is 57.3 Å². The Kier molecular flexibility index (Phi) is 7.68. The van der Waals surface area contributed by atoms with Gasteiger partial charge in [-0.1, -0.05) is 0 Å². The van der Waals surface area contributed by atoms with Crippen molar-refractivity contribution in [1.82, 2.24) is 0 Å². The van der Waals surface area contributed by atoms with Crippen molar-refractivity contribution in [3.05, 3.63) is 24.8 Å². The van der Waals surface area contributed by atoms with Crippen LogP contribution in [-0.2, 0) is 9.53 Å². The molecule has 1 rings (SSSR count). The minimum absolute atomic E-state index is 0. The zero-order valence-electron chi connectivity index (χ0n) is 8.94. The van der Waals surface area contributed by atoms with E-state index in [2.05, 4.69) is 27.3 Å². The third kappa shape index (κ3) is 4.76. The molecule has 0 heterocycles. The smallest absolute Gasteiger partial charge is 0.307 e. The number of phenols is 1. The predicted octanol–water partition coefficient (Wildman–Crippen LogP) is 2.59. The van der Waals surface area contributed by atoms with Crippen LogP contribution < -0.4 is 5.73 Å². The number of carbonyl (C=O) groups excluding carboxylic acids is 1. The highest BCUT2D eigenvalue weighted by Crippen LogP contribution is 2.31. The SMILES string of the molecule is COC(=O)C[C@@H](N)c1cc(I)cc(I)c1O.Cl. The number of carbonyl (C=O) groups is 1. The van der Waals surface area contributed by atoms with Gasteiger partial charge in [-0.15, -0.1) is 12.4 Å². The highest BCUT2D eigenvalue weighted by molar-refractivity contribution is 14.1. The molecule has 0 amide bonds. The summed E-state index contributed by atoms with van der Waals surface area (Å²) in [7, 11) is 1.31. The first-order valence-electron chi connectivity index (χ1n) is 4.46. The van der Waals surface area contributed by atoms with Crippen molar-refractivity contribution >= 4 is 63.6 Å². The van der Waals surface area contributed by atoms with E-state index in [1.165, 1.54) is 7.11 Å². The molecule has 7 heteroatoms. The third-order valence-corrected chi connectivity index (χ3v) is 3.52. The Morgan fingerprint density at radius 2 is 2.12 bits per heavy atom. The summed E-state index contributed by atoms with van der Waals surface area (Å²) < 4.78 is 6.23. The molecule has 0 aliphatic rings. The molecule has 1 atom stereocenters. The van der Waals surface area contributed by atoms with Gasteiger partial charge in [-0.25, -0.2) is 0 Å². The molecule has 17 heavy (non-hydrogen) atoms. The monoisotopic (exact) mass is 483 g/mol. The fraction of sp³-hybridized carbons (Fsp3) is 0.300. The van der Waals surface area contributed by atoms with Crippen LogP contribution in [0.4, 0.5) is 0 Å². The number of benzene rings is 1. The Bertz CT molecular complexity index is 415. The highest BCUT2D eigenvalue weighted by Gasteiger charge is 2.17. The molecule has 0 spiro atoms. The zero-order chi connectivity index (χ0) is 12.3. The van der Waals surface area contributed by atoms with Crippen LogP contribution in [0.2, 0.25) is 0 Å². The van der Waals surface area contributed by atoms with Gasteiger partial charge in [0.2, 0.25) is 0 Å². The van der Waals surface area contributed by atoms with Gasteiger partial charge < -0.3 is 15.6 Å². The maximum absolute atomic E-state index is 11.1. The summed E-state index contributed by atoms with van der Waals surface area (Å²) in [6.45, 7) is 0. The summed E-state index contributed by atoms with van der Waals surface area (Å²) in [5, 5.41) is 9.84. The van der Waals surface area contributed by atoms with Crippen molar-refractivity contribution in [2.45, 2.75) is 12.5 Å². The van der Waals surface area contributed by atoms with Gasteiger partial charge in [-0.2, -0.15) is 0 Å². The number of nitrogens with two attached hydrogens (primary N) is 1. The van der Waals surface area contributed by atoms with Gasteiger partial charge in [-0.3, -0.25) is 4.79 Å². The number of phenolic OH excluding ortho intramolecular Hbond substituents is 1. The molecule has 0 unspecified atom stereocenters. The fourth-order valence-electron chi connectivity index (χ4n) is 1.24. The second-order valence-electron chi connectivity index (χ2n) is 3.21. The van der Waals surface area contributed by atoms with Crippen molar-refractivity contribution in [3.63, 3.8) is 0 Å². The standard InChI is InChI=1S/C10H11I2NO3.ClH/c1-16-9(14)4-8(13)6-2-5(11)3-7(12)10(6)15;/h2-3,8,15H,4,13H2,1H3;1H/t8-;/m1./s1. The summed E-state index contributed by atoms with van der Waals surface area (Å²) in [6, 6.07) is 3.06. The number of hydrogen-bond acceptors (Lipinski definition) is 4. The first-order valence-corrected chi connectivity index (χ1v) is 6.61. The summed E-state index contributed by atoms with van der Waals surface area (Å²) in [5.41, 5.74) is 6.41. The van der Waals surface area contributed by atoms with E-state index in [1.54, 1.807) is 6.07 Å². The van der Waals surface area contributed by atoms with Crippen LogP contribution in [0, 0.1) is 7.14 Å². The number of rotatable bonds is 3. The number of methoxy groups -OCH3 is 1. The van der Waals surface area contributed by atoms with Crippen LogP contribution in [0.15, 0.2) is 12.1 Å². The molecule has 1 aromatic carbocycles. The summed E-state index contributed by atoms with van der Waals surface area (Å²) in [5.74, 6) is -0.252. The third-order valence-electron chi connectivity index (χ3n) is 2.07. The number of hydrogen-bond donors (Lipinski definition) is 2. The Morgan fingerprint density at radius 1 is 1.53 bits per heavy atom. The Morgan fingerprint density at radius 3 is 2.65 bits per heavy atom. The van der Waals surface area contributed by atoms with Crippen LogP contribution >= 0.6 is 57.6 Å². The molecule has 96 valence electrons. The average molecular weight is 483 g/mol. The Hall–Kier alpha value is 0.200. The van der Waals surface area contributed by atoms with Crippen molar-refractivity contribution in [1.29, 1.82) is 0 Å². The van der Waals surface area contributed by atoms with Crippen molar-refractivity contribution in [3.8, 4) is 5.75 Å². The zero-order valence-corrected chi connectivity index (χ0v) is 14.1. The molecule has 0 fully saturated rings. The topological polar surface area (TPSA) is 72.5 Å². The van der Waals surface area contributed by atoms with Gasteiger partial charge in [0.15, 0.2) is 0 Å². The normalized spacial score (nSPS) is 11.5. The molecule has 4 nitrogen and oxygen atoms in total. The van der Waals surface area contributed by atoms with Gasteiger partial charge in [0.1, 0.15) is 5.75 Å². The molecule has 0 saturated heterocycles. The van der Waals surface area contributed by atoms with Crippen LogP contribution in [0.25, 0.3) is 0 Å². The lowest BCUT2D eigenvalue weighted by molar-refractivity contribution is -0.141. The summed E-state index contributed by atoms with van der Waals surface area (Å²) in [4.78, 5) is 11.1. The first kappa shape index (κ1) is 17.2. The summed E-state index contributed by atoms with van der Waals surface area (Å²) >= 11 is 4.16. The second kappa shape index (κ2) is 7.59. The van der Waals surface area contributed by atoms with Crippen molar-refractivity contribution < 1.29 is 14.6 Å². The second-order valence-corrected chi connectivity index (χ2v) is 5.62. The van der Waals surface area contributed by atoms with Crippen molar-refractivity contribution in [2.75, 3.05) is 7.11 Å². The van der Waals surface area contributed by atoms with Crippen LogP contribution in [0.5, 0.6) is 5.75 Å². The Labute approximate surface area is 133 Å². The van der Waals surface area contributed by atoms with Crippen LogP contribution in [-0.4, -0.2) is 18.2 Å². The van der Waals surface area contributed by atoms with Gasteiger partial charge in [0.05, 0.1) is 17.1 Å². The van der Waals surface area contributed by atoms with E-state index in [0.29, 0.717) is 5.56 Å². The maximum atomic E-state index is 11.1. The molecular weight excluding hydrogens is 471 g/mol. The quantitative estimate of drug-likeness (QED) is 0.512. The fourth-order valence-corrected chi connectivity index (χ4v) is 3.13. The first-order chi connectivity index (χ1) is 7.45. The number of esters is 1. The largest absolute Gasteiger partial charge is 0.506 e. The van der Waals surface area contributed by atoms with E-state index in [4.69, 9.17) is 5.73 Å². The molecule has 1 aromatic rings. The molecule has 0 radical (unpaired) electrons. The molecular formula is C10H12ClI2NO3. The minimum Gasteiger partial charge on any atom is -0.506 e. The van der Waals surface area contributed by atoms with Gasteiger partial charge in [0, 0.05) is 15.2 Å². The molecule has 0 saturated carbocycles. The minimum atomic E-state index is -0.546. The van der Waals surface area contributed by atoms with E-state index in [1.807, 2.05) is 28.7 Å². The molecule has 3 N–H and O–H groups in total. The van der Waals surface area contributed by atoms with Crippen LogP contribution in [0.1, 0.15) is 18.0 Å². The highest BCUT2D eigenvalue weighted by atomic mass is 127. The van der Waals surface area contributed by atoms with E-state index in [0.717, 1.165) is 7.14 Å². The number of halogens is 3. The average Bonchev–Trinajstić information content (AvgIpc) is 2.22. The number of aromatic hydroxyl groups is 1. The van der Waals surface area contributed by atoms with Crippen LogP contribution in [0.3, 0.4) is 0 Å². The lowest BCUT2D eigenvalue weighted by Gasteiger charge is -2.14. The van der Waals surface area contributed by atoms with Crippen molar-refractivity contribution in [2.24, 2.45) is 5.73 Å². The lowest BCUT2D eigenvalue weighted by atomic mass is 10.0. The maximum Gasteiger partial charge on any atom is 0.307 e. The van der Waals surface area contributed by atoms with Gasteiger partial charge in [0.25, 0.3) is 0 Å². The van der Waals surface area contributed by atoms with Gasteiger partial charge >= 0.3 is 5.97 Å². The Balaban J connectivity index is 0.00000256. The number of ether oxygens (including phenoxy) is 1. The molecule has 0 aliphatic carbocycles. The summed E-state index contributed by atoms with van der Waals surface area (Å²) in [6.07, 6.45) is 0.0558. The van der Waals surface area contributed by atoms with E-state index < -0.39 is 6.04 Å². The van der Waals surface area contributed by atoms with E-state index in [9.17, 15) is 9.90 Å². The molecule has 0 aliphatic heterocycles.